The highest BCUT2D eigenvalue weighted by Gasteiger charge is 2.16. The van der Waals surface area contributed by atoms with E-state index in [0.717, 1.165) is 28.5 Å². The lowest BCUT2D eigenvalue weighted by Gasteiger charge is -2.01. The number of hydrogen-bond donors (Lipinski definition) is 1. The molecule has 96 valence electrons. The van der Waals surface area contributed by atoms with Crippen molar-refractivity contribution in [2.75, 3.05) is 0 Å². The minimum absolute atomic E-state index is 0.521. The van der Waals surface area contributed by atoms with Crippen LogP contribution in [0.1, 0.15) is 47.8 Å². The van der Waals surface area contributed by atoms with Crippen molar-refractivity contribution in [3.05, 3.63) is 34.7 Å². The third-order valence-electron chi connectivity index (χ3n) is 3.17. The third kappa shape index (κ3) is 2.72. The highest BCUT2D eigenvalue weighted by molar-refractivity contribution is 7.21. The quantitative estimate of drug-likeness (QED) is 0.765. The number of aryl methyl sites for hydroxylation is 1. The summed E-state index contributed by atoms with van der Waals surface area (Å²) in [4.78, 5) is 11.8. The summed E-state index contributed by atoms with van der Waals surface area (Å²) in [6.07, 6.45) is 5.57. The number of unbranched alkanes of at least 4 members (excludes halogenated alkanes) is 3. The Morgan fingerprint density at radius 3 is 2.72 bits per heavy atom. The molecule has 3 heteroatoms. The minimum atomic E-state index is -0.790. The van der Waals surface area contributed by atoms with Gasteiger partial charge in [0, 0.05) is 4.70 Å². The maximum Gasteiger partial charge on any atom is 0.346 e. The van der Waals surface area contributed by atoms with Crippen molar-refractivity contribution in [1.82, 2.24) is 0 Å². The normalized spacial score (nSPS) is 10.9. The maximum absolute atomic E-state index is 11.3. The van der Waals surface area contributed by atoms with E-state index in [1.54, 1.807) is 0 Å². The largest absolute Gasteiger partial charge is 0.477 e. The van der Waals surface area contributed by atoms with Crippen LogP contribution in [-0.4, -0.2) is 11.1 Å². The smallest absolute Gasteiger partial charge is 0.346 e. The molecule has 0 saturated carbocycles. The van der Waals surface area contributed by atoms with Gasteiger partial charge in [-0.25, -0.2) is 4.79 Å². The molecule has 0 aliphatic rings. The van der Waals surface area contributed by atoms with Gasteiger partial charge in [0.25, 0.3) is 0 Å². The van der Waals surface area contributed by atoms with E-state index >= 15 is 0 Å². The number of carboxylic acids is 1. The second-order valence-electron chi connectivity index (χ2n) is 4.52. The fraction of sp³-hybridized carbons (Fsp3) is 0.400. The molecule has 1 aromatic carbocycles. The molecule has 0 fully saturated rings. The molecule has 2 rings (SSSR count). The second kappa shape index (κ2) is 6.01. The second-order valence-corrected chi connectivity index (χ2v) is 5.57. The molecule has 0 atom stereocenters. The molecule has 1 heterocycles. The molecule has 0 unspecified atom stereocenters. The number of fused-ring (bicyclic) bond motifs is 1. The summed E-state index contributed by atoms with van der Waals surface area (Å²) in [6, 6.07) is 7.98. The van der Waals surface area contributed by atoms with Crippen molar-refractivity contribution in [1.29, 1.82) is 0 Å². The van der Waals surface area contributed by atoms with E-state index in [2.05, 4.69) is 6.92 Å². The van der Waals surface area contributed by atoms with Crippen LogP contribution in [0, 0.1) is 0 Å². The van der Waals surface area contributed by atoms with E-state index < -0.39 is 5.97 Å². The molecule has 2 nitrogen and oxygen atoms in total. The molecule has 18 heavy (non-hydrogen) atoms. The SMILES string of the molecule is CCCCCCc1c(C(=O)O)sc2ccccc12. The van der Waals surface area contributed by atoms with Crippen LogP contribution >= 0.6 is 11.3 Å². The summed E-state index contributed by atoms with van der Waals surface area (Å²) < 4.78 is 1.08. The van der Waals surface area contributed by atoms with Gasteiger partial charge in [0.2, 0.25) is 0 Å². The fourth-order valence-electron chi connectivity index (χ4n) is 2.25. The van der Waals surface area contributed by atoms with E-state index in [1.807, 2.05) is 24.3 Å². The molecular formula is C15H18O2S. The molecule has 0 spiro atoms. The van der Waals surface area contributed by atoms with Gasteiger partial charge in [-0.1, -0.05) is 44.4 Å². The van der Waals surface area contributed by atoms with Crippen LogP contribution in [0.5, 0.6) is 0 Å². The van der Waals surface area contributed by atoms with Crippen molar-refractivity contribution < 1.29 is 9.90 Å². The van der Waals surface area contributed by atoms with Gasteiger partial charge in [-0.2, -0.15) is 0 Å². The van der Waals surface area contributed by atoms with Gasteiger partial charge in [-0.05, 0) is 29.9 Å². The molecule has 1 N–H and O–H groups in total. The summed E-state index contributed by atoms with van der Waals surface area (Å²) >= 11 is 1.40. The van der Waals surface area contributed by atoms with Crippen LogP contribution in [0.2, 0.25) is 0 Å². The van der Waals surface area contributed by atoms with Gasteiger partial charge in [0.15, 0.2) is 0 Å². The first-order valence-electron chi connectivity index (χ1n) is 6.47. The first-order valence-corrected chi connectivity index (χ1v) is 7.29. The van der Waals surface area contributed by atoms with E-state index in [4.69, 9.17) is 0 Å². The van der Waals surface area contributed by atoms with E-state index in [0.29, 0.717) is 4.88 Å². The first kappa shape index (κ1) is 13.1. The van der Waals surface area contributed by atoms with Crippen molar-refractivity contribution in [2.45, 2.75) is 39.0 Å². The number of aromatic carboxylic acids is 1. The summed E-state index contributed by atoms with van der Waals surface area (Å²) in [5.74, 6) is -0.790. The van der Waals surface area contributed by atoms with Gasteiger partial charge in [0.05, 0.1) is 0 Å². The van der Waals surface area contributed by atoms with Crippen LogP contribution in [0.4, 0.5) is 0 Å². The first-order chi connectivity index (χ1) is 8.74. The highest BCUT2D eigenvalue weighted by Crippen LogP contribution is 2.32. The van der Waals surface area contributed by atoms with Gasteiger partial charge in [-0.15, -0.1) is 11.3 Å². The Bertz CT molecular complexity index is 542. The Balaban J connectivity index is 2.27. The van der Waals surface area contributed by atoms with Crippen LogP contribution in [0.15, 0.2) is 24.3 Å². The van der Waals surface area contributed by atoms with E-state index in [-0.39, 0.29) is 0 Å². The Kier molecular flexibility index (Phi) is 4.37. The number of hydrogen-bond acceptors (Lipinski definition) is 2. The summed E-state index contributed by atoms with van der Waals surface area (Å²) in [6.45, 7) is 2.18. The van der Waals surface area contributed by atoms with Crippen LogP contribution < -0.4 is 0 Å². The predicted octanol–water partition coefficient (Wildman–Crippen LogP) is 4.72. The Hall–Kier alpha value is -1.35. The lowest BCUT2D eigenvalue weighted by atomic mass is 10.0. The Morgan fingerprint density at radius 2 is 2.00 bits per heavy atom. The number of carboxylic acid groups (broad SMARTS) is 1. The lowest BCUT2D eigenvalue weighted by Crippen LogP contribution is -1.98. The standard InChI is InChI=1S/C15H18O2S/c1-2-3-4-5-9-12-11-8-6-7-10-13(11)18-14(12)15(16)17/h6-8,10H,2-5,9H2,1H3,(H,16,17). The van der Waals surface area contributed by atoms with Crippen molar-refractivity contribution in [2.24, 2.45) is 0 Å². The molecular weight excluding hydrogens is 244 g/mol. The van der Waals surface area contributed by atoms with E-state index in [1.165, 1.54) is 30.6 Å². The molecule has 1 aromatic heterocycles. The van der Waals surface area contributed by atoms with Gasteiger partial charge < -0.3 is 5.11 Å². The third-order valence-corrected chi connectivity index (χ3v) is 4.37. The monoisotopic (exact) mass is 262 g/mol. The summed E-state index contributed by atoms with van der Waals surface area (Å²) in [7, 11) is 0. The number of carbonyl (C=O) groups is 1. The zero-order valence-electron chi connectivity index (χ0n) is 10.6. The fourth-order valence-corrected chi connectivity index (χ4v) is 3.34. The molecule has 2 aromatic rings. The van der Waals surface area contributed by atoms with Crippen LogP contribution in [0.25, 0.3) is 10.1 Å². The topological polar surface area (TPSA) is 37.3 Å². The predicted molar refractivity (Wildman–Crippen MR) is 76.6 cm³/mol. The summed E-state index contributed by atoms with van der Waals surface area (Å²) in [5.41, 5.74) is 1.03. The van der Waals surface area contributed by atoms with Crippen molar-refractivity contribution in [3.8, 4) is 0 Å². The van der Waals surface area contributed by atoms with Crippen LogP contribution in [-0.2, 0) is 6.42 Å². The Morgan fingerprint density at radius 1 is 1.22 bits per heavy atom. The minimum Gasteiger partial charge on any atom is -0.477 e. The summed E-state index contributed by atoms with van der Waals surface area (Å²) in [5, 5.41) is 10.4. The zero-order valence-corrected chi connectivity index (χ0v) is 11.4. The Labute approximate surface area is 111 Å². The van der Waals surface area contributed by atoms with Gasteiger partial charge in [-0.3, -0.25) is 0 Å². The molecule has 0 bridgehead atoms. The lowest BCUT2D eigenvalue weighted by molar-refractivity contribution is 0.0701. The van der Waals surface area contributed by atoms with Crippen LogP contribution in [0.3, 0.4) is 0 Å². The van der Waals surface area contributed by atoms with Crippen molar-refractivity contribution >= 4 is 27.4 Å². The average molecular weight is 262 g/mol. The van der Waals surface area contributed by atoms with Gasteiger partial charge >= 0.3 is 5.97 Å². The van der Waals surface area contributed by atoms with E-state index in [9.17, 15) is 9.90 Å². The average Bonchev–Trinajstić information content (AvgIpc) is 2.74. The maximum atomic E-state index is 11.3. The zero-order chi connectivity index (χ0) is 13.0. The molecule has 0 aliphatic carbocycles. The molecule has 0 saturated heterocycles. The number of thiophene rings is 1. The molecule has 0 amide bonds. The molecule has 0 aliphatic heterocycles. The highest BCUT2D eigenvalue weighted by atomic mass is 32.1. The number of benzene rings is 1. The number of rotatable bonds is 6. The molecule has 0 radical (unpaired) electrons. The van der Waals surface area contributed by atoms with Gasteiger partial charge in [0.1, 0.15) is 4.88 Å². The van der Waals surface area contributed by atoms with Crippen molar-refractivity contribution in [3.63, 3.8) is 0 Å².